The van der Waals surface area contributed by atoms with Gasteiger partial charge in [-0.05, 0) is 31.0 Å². The number of benzene rings is 1. The van der Waals surface area contributed by atoms with Gasteiger partial charge in [-0.3, -0.25) is 0 Å². The molecule has 0 heterocycles. The number of carbonyl (C=O) groups is 1. The van der Waals surface area contributed by atoms with Gasteiger partial charge in [-0.15, -0.1) is 0 Å². The lowest BCUT2D eigenvalue weighted by Crippen LogP contribution is -2.30. The fraction of sp³-hybridized carbons (Fsp3) is 0.462. The van der Waals surface area contributed by atoms with Crippen LogP contribution in [0.5, 0.6) is 5.75 Å². The molecule has 19 heavy (non-hydrogen) atoms. The van der Waals surface area contributed by atoms with Crippen molar-refractivity contribution >= 4 is 21.9 Å². The first-order valence-corrected chi connectivity index (χ1v) is 6.65. The maximum atomic E-state index is 13.5. The third-order valence-electron chi connectivity index (χ3n) is 2.96. The maximum Gasteiger partial charge on any atom is 0.345 e. The summed E-state index contributed by atoms with van der Waals surface area (Å²) in [5.41, 5.74) is -0.311. The number of hydrogen-bond donors (Lipinski definition) is 1. The molecule has 1 aromatic rings. The molecular weight excluding hydrogens is 322 g/mol. The van der Waals surface area contributed by atoms with E-state index >= 15 is 0 Å². The van der Waals surface area contributed by atoms with Crippen molar-refractivity contribution in [3.8, 4) is 5.75 Å². The summed E-state index contributed by atoms with van der Waals surface area (Å²) in [4.78, 5) is 11.1. The van der Waals surface area contributed by atoms with Crippen LogP contribution < -0.4 is 4.74 Å². The molecule has 2 rings (SSSR count). The summed E-state index contributed by atoms with van der Waals surface area (Å²) in [5.74, 6) is -4.36. The smallest absolute Gasteiger partial charge is 0.345 e. The van der Waals surface area contributed by atoms with Gasteiger partial charge in [0, 0.05) is 17.3 Å². The molecule has 1 atom stereocenters. The molecule has 0 radical (unpaired) electrons. The second-order valence-electron chi connectivity index (χ2n) is 4.74. The highest BCUT2D eigenvalue weighted by Crippen LogP contribution is 2.40. The second-order valence-corrected chi connectivity index (χ2v) is 5.66. The molecule has 1 aliphatic carbocycles. The van der Waals surface area contributed by atoms with Crippen LogP contribution in [0.25, 0.3) is 0 Å². The van der Waals surface area contributed by atoms with E-state index in [0.29, 0.717) is 4.47 Å². The van der Waals surface area contributed by atoms with E-state index in [1.807, 2.05) is 0 Å². The molecule has 1 aromatic carbocycles. The Balaban J connectivity index is 2.31. The van der Waals surface area contributed by atoms with Crippen LogP contribution in [0, 0.1) is 5.92 Å². The van der Waals surface area contributed by atoms with E-state index < -0.39 is 18.0 Å². The predicted octanol–water partition coefficient (Wildman–Crippen LogP) is 3.80. The first-order valence-electron chi connectivity index (χ1n) is 5.86. The number of carboxylic acid groups (broad SMARTS) is 1. The van der Waals surface area contributed by atoms with Gasteiger partial charge in [0.05, 0.1) is 5.56 Å². The van der Waals surface area contributed by atoms with E-state index in [1.165, 1.54) is 12.1 Å². The fourth-order valence-electron chi connectivity index (χ4n) is 1.83. The van der Waals surface area contributed by atoms with E-state index in [-0.39, 0.29) is 17.2 Å². The van der Waals surface area contributed by atoms with Crippen LogP contribution in [0.4, 0.5) is 8.78 Å². The number of halogens is 3. The minimum absolute atomic E-state index is 0.0741. The van der Waals surface area contributed by atoms with Crippen LogP contribution >= 0.6 is 15.9 Å². The predicted molar refractivity (Wildman–Crippen MR) is 68.5 cm³/mol. The van der Waals surface area contributed by atoms with Crippen LogP contribution in [0.1, 0.15) is 25.3 Å². The SMILES string of the molecule is CC(F)(F)c1cc(Br)ccc1O[C@H](C(=O)O)C1CC1. The number of ether oxygens (including phenoxy) is 1. The zero-order valence-corrected chi connectivity index (χ0v) is 11.8. The van der Waals surface area contributed by atoms with Gasteiger partial charge in [0.15, 0.2) is 6.10 Å². The lowest BCUT2D eigenvalue weighted by molar-refractivity contribution is -0.146. The Labute approximate surface area is 117 Å². The van der Waals surface area contributed by atoms with E-state index in [0.717, 1.165) is 19.8 Å². The summed E-state index contributed by atoms with van der Waals surface area (Å²) >= 11 is 3.12. The van der Waals surface area contributed by atoms with Crippen molar-refractivity contribution in [2.24, 2.45) is 5.92 Å². The number of aliphatic carboxylic acids is 1. The Morgan fingerprint density at radius 3 is 2.63 bits per heavy atom. The molecule has 0 saturated heterocycles. The first kappa shape index (κ1) is 14.2. The number of alkyl halides is 2. The maximum absolute atomic E-state index is 13.5. The van der Waals surface area contributed by atoms with Gasteiger partial charge in [-0.2, -0.15) is 0 Å². The Bertz CT molecular complexity index is 495. The Kier molecular flexibility index (Phi) is 3.80. The van der Waals surface area contributed by atoms with E-state index in [1.54, 1.807) is 6.07 Å². The van der Waals surface area contributed by atoms with Crippen molar-refractivity contribution in [1.29, 1.82) is 0 Å². The van der Waals surface area contributed by atoms with Gasteiger partial charge in [0.25, 0.3) is 5.92 Å². The lowest BCUT2D eigenvalue weighted by Gasteiger charge is -2.20. The summed E-state index contributed by atoms with van der Waals surface area (Å²) in [7, 11) is 0. The van der Waals surface area contributed by atoms with Crippen molar-refractivity contribution in [2.45, 2.75) is 31.8 Å². The van der Waals surface area contributed by atoms with Gasteiger partial charge in [0.2, 0.25) is 0 Å². The Morgan fingerprint density at radius 2 is 2.16 bits per heavy atom. The molecule has 1 saturated carbocycles. The number of carboxylic acids is 1. The highest BCUT2D eigenvalue weighted by molar-refractivity contribution is 9.10. The van der Waals surface area contributed by atoms with Gasteiger partial charge < -0.3 is 9.84 Å². The minimum Gasteiger partial charge on any atom is -0.478 e. The normalized spacial score (nSPS) is 17.1. The summed E-state index contributed by atoms with van der Waals surface area (Å²) in [6, 6.07) is 4.17. The monoisotopic (exact) mass is 334 g/mol. The summed E-state index contributed by atoms with van der Waals surface area (Å²) in [6.45, 7) is 0.758. The summed E-state index contributed by atoms with van der Waals surface area (Å²) < 4.78 is 32.8. The van der Waals surface area contributed by atoms with Crippen molar-refractivity contribution in [2.75, 3.05) is 0 Å². The molecule has 1 N–H and O–H groups in total. The molecule has 0 aliphatic heterocycles. The minimum atomic E-state index is -3.09. The van der Waals surface area contributed by atoms with Crippen LogP contribution in [-0.2, 0) is 10.7 Å². The molecule has 0 spiro atoms. The molecular formula is C13H13BrF2O3. The molecule has 0 bridgehead atoms. The van der Waals surface area contributed by atoms with E-state index in [2.05, 4.69) is 15.9 Å². The molecule has 6 heteroatoms. The van der Waals surface area contributed by atoms with Gasteiger partial charge in [-0.25, -0.2) is 13.6 Å². The highest BCUT2D eigenvalue weighted by atomic mass is 79.9. The summed E-state index contributed by atoms with van der Waals surface area (Å²) in [5, 5.41) is 9.07. The quantitative estimate of drug-likeness (QED) is 0.890. The molecule has 0 aromatic heterocycles. The standard InChI is InChI=1S/C13H13BrF2O3/c1-13(15,16)9-6-8(14)4-5-10(9)19-11(12(17)18)7-2-3-7/h4-7,11H,2-3H2,1H3,(H,17,18)/t11-/m0/s1. The number of hydrogen-bond acceptors (Lipinski definition) is 2. The second kappa shape index (κ2) is 5.07. The molecule has 3 nitrogen and oxygen atoms in total. The molecule has 0 unspecified atom stereocenters. The molecule has 0 amide bonds. The zero-order valence-electron chi connectivity index (χ0n) is 10.2. The van der Waals surface area contributed by atoms with Crippen LogP contribution in [-0.4, -0.2) is 17.2 Å². The van der Waals surface area contributed by atoms with Crippen LogP contribution in [0.15, 0.2) is 22.7 Å². The van der Waals surface area contributed by atoms with Gasteiger partial charge >= 0.3 is 5.97 Å². The third-order valence-corrected chi connectivity index (χ3v) is 3.46. The van der Waals surface area contributed by atoms with Gasteiger partial charge in [0.1, 0.15) is 5.75 Å². The lowest BCUT2D eigenvalue weighted by atomic mass is 10.1. The van der Waals surface area contributed by atoms with Crippen molar-refractivity contribution < 1.29 is 23.4 Å². The van der Waals surface area contributed by atoms with E-state index in [9.17, 15) is 13.6 Å². The largest absolute Gasteiger partial charge is 0.478 e. The topological polar surface area (TPSA) is 46.5 Å². The van der Waals surface area contributed by atoms with Crippen LogP contribution in [0.2, 0.25) is 0 Å². The van der Waals surface area contributed by atoms with Crippen molar-refractivity contribution in [3.63, 3.8) is 0 Å². The zero-order chi connectivity index (χ0) is 14.2. The molecule has 1 aliphatic rings. The highest BCUT2D eigenvalue weighted by Gasteiger charge is 2.39. The van der Waals surface area contributed by atoms with Crippen molar-refractivity contribution in [1.82, 2.24) is 0 Å². The van der Waals surface area contributed by atoms with Gasteiger partial charge in [-0.1, -0.05) is 15.9 Å². The van der Waals surface area contributed by atoms with Crippen molar-refractivity contribution in [3.05, 3.63) is 28.2 Å². The average molecular weight is 335 g/mol. The van der Waals surface area contributed by atoms with Crippen LogP contribution in [0.3, 0.4) is 0 Å². The first-order chi connectivity index (χ1) is 8.79. The Morgan fingerprint density at radius 1 is 1.53 bits per heavy atom. The molecule has 104 valence electrons. The average Bonchev–Trinajstić information content (AvgIpc) is 3.09. The fourth-order valence-corrected chi connectivity index (χ4v) is 2.19. The molecule has 1 fully saturated rings. The summed E-state index contributed by atoms with van der Waals surface area (Å²) in [6.07, 6.45) is 0.457. The third kappa shape index (κ3) is 3.43. The Hall–Kier alpha value is -1.17. The van der Waals surface area contributed by atoms with E-state index in [4.69, 9.17) is 9.84 Å². The number of rotatable bonds is 5.